The minimum atomic E-state index is -0.532. The molecule has 1 spiro atoms. The molecule has 0 saturated carbocycles. The van der Waals surface area contributed by atoms with Crippen molar-refractivity contribution in [3.63, 3.8) is 0 Å². The van der Waals surface area contributed by atoms with Crippen molar-refractivity contribution < 1.29 is 0 Å². The van der Waals surface area contributed by atoms with Crippen LogP contribution in [0.1, 0.15) is 99.9 Å². The molecule has 0 fully saturated rings. The van der Waals surface area contributed by atoms with E-state index in [4.69, 9.17) is 0 Å². The zero-order chi connectivity index (χ0) is 46.7. The number of benzene rings is 9. The number of para-hydroxylation sites is 2. The summed E-state index contributed by atoms with van der Waals surface area (Å²) in [7, 11) is 0. The molecule has 0 atom stereocenters. The molecule has 3 aliphatic rings. The van der Waals surface area contributed by atoms with Crippen LogP contribution in [0.2, 0.25) is 0 Å². The van der Waals surface area contributed by atoms with Crippen molar-refractivity contribution in [2.75, 3.05) is 4.90 Å². The second-order valence-electron chi connectivity index (χ2n) is 21.7. The molecule has 12 rings (SSSR count). The number of hydrogen-bond donors (Lipinski definition) is 0. The third kappa shape index (κ3) is 6.37. The molecule has 9 aromatic rings. The Balaban J connectivity index is 1.12. The van der Waals surface area contributed by atoms with Gasteiger partial charge in [-0.15, -0.1) is 0 Å². The van der Waals surface area contributed by atoms with Crippen molar-refractivity contribution in [3.05, 3.63) is 245 Å². The lowest BCUT2D eigenvalue weighted by Crippen LogP contribution is -2.33. The predicted molar refractivity (Wildman–Crippen MR) is 288 cm³/mol. The normalized spacial score (nSPS) is 14.6. The number of hydrogen-bond acceptors (Lipinski definition) is 2. The Morgan fingerprint density at radius 1 is 0.353 bits per heavy atom. The molecule has 0 amide bonds. The van der Waals surface area contributed by atoms with Gasteiger partial charge in [0, 0.05) is 32.0 Å². The van der Waals surface area contributed by atoms with E-state index in [1.165, 1.54) is 98.8 Å². The van der Waals surface area contributed by atoms with E-state index in [0.717, 1.165) is 17.1 Å². The van der Waals surface area contributed by atoms with Gasteiger partial charge in [-0.1, -0.05) is 225 Å². The first-order chi connectivity index (χ1) is 32.7. The summed E-state index contributed by atoms with van der Waals surface area (Å²) < 4.78 is 0. The minimum absolute atomic E-state index is 0.0246. The third-order valence-corrected chi connectivity index (χ3v) is 16.4. The molecule has 0 aromatic heterocycles. The van der Waals surface area contributed by atoms with Gasteiger partial charge in [0.25, 0.3) is 0 Å². The molecule has 1 nitrogen and oxygen atoms in total. The molecule has 0 saturated heterocycles. The summed E-state index contributed by atoms with van der Waals surface area (Å²) in [5.74, 6) is 0. The number of fused-ring (bicyclic) bond motifs is 12. The monoisotopic (exact) mass is 895 g/mol. The van der Waals surface area contributed by atoms with Crippen molar-refractivity contribution in [1.29, 1.82) is 0 Å². The smallest absolute Gasteiger partial charge is 0.0735 e. The van der Waals surface area contributed by atoms with Crippen LogP contribution >= 0.6 is 11.8 Å². The molecule has 2 aliphatic carbocycles. The van der Waals surface area contributed by atoms with Crippen molar-refractivity contribution >= 4 is 28.8 Å². The van der Waals surface area contributed by atoms with E-state index in [2.05, 4.69) is 260 Å². The summed E-state index contributed by atoms with van der Waals surface area (Å²) in [4.78, 5) is 5.15. The van der Waals surface area contributed by atoms with Crippen molar-refractivity contribution in [2.45, 2.75) is 86.8 Å². The van der Waals surface area contributed by atoms with Gasteiger partial charge in [0.1, 0.15) is 0 Å². The molecule has 68 heavy (non-hydrogen) atoms. The summed E-state index contributed by atoms with van der Waals surface area (Å²) in [5, 5.41) is 0. The van der Waals surface area contributed by atoms with Crippen molar-refractivity contribution in [3.8, 4) is 44.5 Å². The summed E-state index contributed by atoms with van der Waals surface area (Å²) in [5.41, 5.74) is 23.7. The maximum atomic E-state index is 2.56. The summed E-state index contributed by atoms with van der Waals surface area (Å²) in [6.45, 7) is 18.8. The first kappa shape index (κ1) is 42.5. The maximum absolute atomic E-state index is 2.56. The molecular weight excluding hydrogens is 839 g/mol. The van der Waals surface area contributed by atoms with Gasteiger partial charge >= 0.3 is 0 Å². The van der Waals surface area contributed by atoms with E-state index in [-0.39, 0.29) is 16.2 Å². The number of anilines is 3. The van der Waals surface area contributed by atoms with E-state index in [0.29, 0.717) is 0 Å². The lowest BCUT2D eigenvalue weighted by atomic mass is 9.65. The molecule has 332 valence electrons. The Labute approximate surface area is 407 Å². The van der Waals surface area contributed by atoms with E-state index in [1.807, 2.05) is 11.8 Å². The van der Waals surface area contributed by atoms with Gasteiger partial charge in [0.05, 0.1) is 16.8 Å². The molecule has 1 aliphatic heterocycles. The van der Waals surface area contributed by atoms with Crippen LogP contribution in [0.5, 0.6) is 0 Å². The van der Waals surface area contributed by atoms with Gasteiger partial charge < -0.3 is 4.90 Å². The topological polar surface area (TPSA) is 3.24 Å². The second-order valence-corrected chi connectivity index (χ2v) is 22.8. The fourth-order valence-electron chi connectivity index (χ4n) is 11.7. The summed E-state index contributed by atoms with van der Waals surface area (Å²) in [6, 6.07) is 76.3. The van der Waals surface area contributed by atoms with Gasteiger partial charge in [-0.2, -0.15) is 0 Å². The average Bonchev–Trinajstić information content (AvgIpc) is 3.76. The quantitative estimate of drug-likeness (QED) is 0.169. The SMILES string of the molecule is CC(C)(C)c1ccc2c(c1)C1(c3ccccc3Sc3ccc(-c4ccccc4N(c4ccc5c(c4)C(C)(C)c4ccccc4-5)c4ccccc4-c4ccccc4)cc31)c1cc(C(C)(C)C)ccc1-2. The third-order valence-electron chi connectivity index (χ3n) is 15.3. The largest absolute Gasteiger partial charge is 0.309 e. The van der Waals surface area contributed by atoms with E-state index in [9.17, 15) is 0 Å². The fraction of sp³-hybridized carbons (Fsp3) is 0.182. The number of nitrogens with zero attached hydrogens (tertiary/aromatic N) is 1. The Morgan fingerprint density at radius 3 is 1.47 bits per heavy atom. The van der Waals surface area contributed by atoms with Crippen LogP contribution in [0.25, 0.3) is 44.5 Å². The Kier molecular flexibility index (Phi) is 9.57. The fourth-order valence-corrected chi connectivity index (χ4v) is 12.9. The van der Waals surface area contributed by atoms with Gasteiger partial charge in [-0.3, -0.25) is 0 Å². The molecule has 0 N–H and O–H groups in total. The molecule has 0 unspecified atom stereocenters. The molecule has 0 bridgehead atoms. The average molecular weight is 896 g/mol. The van der Waals surface area contributed by atoms with Crippen LogP contribution in [0.4, 0.5) is 17.1 Å². The molecular formula is C66H57NS. The Hall–Kier alpha value is -6.87. The highest BCUT2D eigenvalue weighted by atomic mass is 32.2. The lowest BCUT2D eigenvalue weighted by molar-refractivity contribution is 0.585. The Morgan fingerprint density at radius 2 is 0.838 bits per heavy atom. The van der Waals surface area contributed by atoms with Crippen molar-refractivity contribution in [1.82, 2.24) is 0 Å². The van der Waals surface area contributed by atoms with E-state index >= 15 is 0 Å². The molecule has 0 radical (unpaired) electrons. The minimum Gasteiger partial charge on any atom is -0.309 e. The van der Waals surface area contributed by atoms with Gasteiger partial charge in [-0.05, 0) is 131 Å². The number of rotatable bonds is 5. The predicted octanol–water partition coefficient (Wildman–Crippen LogP) is 18.2. The van der Waals surface area contributed by atoms with E-state index in [1.54, 1.807) is 0 Å². The second kappa shape index (κ2) is 15.3. The highest BCUT2D eigenvalue weighted by molar-refractivity contribution is 7.99. The summed E-state index contributed by atoms with van der Waals surface area (Å²) in [6.07, 6.45) is 0. The zero-order valence-corrected chi connectivity index (χ0v) is 41.2. The summed E-state index contributed by atoms with van der Waals surface area (Å²) >= 11 is 1.92. The highest BCUT2D eigenvalue weighted by Gasteiger charge is 2.51. The van der Waals surface area contributed by atoms with Gasteiger partial charge in [-0.25, -0.2) is 0 Å². The highest BCUT2D eigenvalue weighted by Crippen LogP contribution is 2.64. The zero-order valence-electron chi connectivity index (χ0n) is 40.4. The van der Waals surface area contributed by atoms with Crippen LogP contribution in [-0.2, 0) is 21.7 Å². The standard InChI is InChI=1S/C66H57NS/c1-63(2,3)44-31-34-51-52-35-32-45(64(4,5)6)40-57(52)66(56(51)39-44)54-26-16-19-29-61(54)68-62-37-30-43(38-58(62)66)48-23-14-18-28-60(48)67(59-27-17-13-22-47(59)42-20-10-9-11-21-42)46-33-36-50-49-24-12-15-25-53(49)65(7,8)55(50)41-46/h9-41H,1-8H3. The Bertz CT molecular complexity index is 3420. The van der Waals surface area contributed by atoms with Crippen LogP contribution in [0.3, 0.4) is 0 Å². The molecule has 9 aromatic carbocycles. The lowest BCUT2D eigenvalue weighted by Gasteiger charge is -2.41. The van der Waals surface area contributed by atoms with E-state index < -0.39 is 5.41 Å². The van der Waals surface area contributed by atoms with Gasteiger partial charge in [0.2, 0.25) is 0 Å². The van der Waals surface area contributed by atoms with Crippen LogP contribution in [0, 0.1) is 0 Å². The first-order valence-electron chi connectivity index (χ1n) is 24.3. The molecule has 2 heteroatoms. The van der Waals surface area contributed by atoms with Crippen LogP contribution in [-0.4, -0.2) is 0 Å². The van der Waals surface area contributed by atoms with Gasteiger partial charge in [0.15, 0.2) is 0 Å². The van der Waals surface area contributed by atoms with Crippen molar-refractivity contribution in [2.24, 2.45) is 0 Å². The first-order valence-corrected chi connectivity index (χ1v) is 25.1. The maximum Gasteiger partial charge on any atom is 0.0735 e. The van der Waals surface area contributed by atoms with Crippen LogP contribution < -0.4 is 4.90 Å². The van der Waals surface area contributed by atoms with Crippen LogP contribution in [0.15, 0.2) is 210 Å². The molecule has 1 heterocycles.